The van der Waals surface area contributed by atoms with E-state index in [1.807, 2.05) is 30.3 Å². The Morgan fingerprint density at radius 1 is 1.22 bits per heavy atom. The SMILES string of the molecule is CCC[C@]12CCC(=O)C=C1c1c(cc(OCc3ccccc3C3=NCCO3)c(Cl)c1Cl)C2. The zero-order chi connectivity index (χ0) is 22.3. The smallest absolute Gasteiger partial charge is 0.216 e. The second kappa shape index (κ2) is 8.57. The van der Waals surface area contributed by atoms with Crippen LogP contribution in [0.5, 0.6) is 5.75 Å². The number of aliphatic imine (C=N–C) groups is 1. The van der Waals surface area contributed by atoms with E-state index in [0.717, 1.165) is 53.5 Å². The van der Waals surface area contributed by atoms with E-state index in [1.165, 1.54) is 0 Å². The molecule has 0 aromatic heterocycles. The maximum atomic E-state index is 12.2. The lowest BCUT2D eigenvalue weighted by Crippen LogP contribution is -2.25. The van der Waals surface area contributed by atoms with Crippen LogP contribution in [0.15, 0.2) is 41.4 Å². The first kappa shape index (κ1) is 21.5. The molecule has 1 atom stereocenters. The van der Waals surface area contributed by atoms with Crippen molar-refractivity contribution in [2.45, 2.75) is 45.6 Å². The van der Waals surface area contributed by atoms with Gasteiger partial charge in [0.15, 0.2) is 5.78 Å². The van der Waals surface area contributed by atoms with E-state index in [0.29, 0.717) is 47.9 Å². The molecule has 3 aliphatic rings. The Bertz CT molecular complexity index is 1150. The van der Waals surface area contributed by atoms with Crippen molar-refractivity contribution in [3.05, 3.63) is 68.7 Å². The first-order chi connectivity index (χ1) is 15.5. The van der Waals surface area contributed by atoms with Crippen molar-refractivity contribution in [3.8, 4) is 5.75 Å². The van der Waals surface area contributed by atoms with Crippen LogP contribution in [0.4, 0.5) is 0 Å². The number of ketones is 1. The van der Waals surface area contributed by atoms with Gasteiger partial charge in [0, 0.05) is 28.5 Å². The first-order valence-electron chi connectivity index (χ1n) is 11.2. The average Bonchev–Trinajstić information content (AvgIpc) is 3.42. The summed E-state index contributed by atoms with van der Waals surface area (Å²) in [6.07, 6.45) is 6.20. The van der Waals surface area contributed by atoms with Crippen molar-refractivity contribution in [1.82, 2.24) is 0 Å². The van der Waals surface area contributed by atoms with Gasteiger partial charge in [-0.05, 0) is 48.6 Å². The Morgan fingerprint density at radius 3 is 2.84 bits per heavy atom. The first-order valence-corrected chi connectivity index (χ1v) is 11.9. The summed E-state index contributed by atoms with van der Waals surface area (Å²) >= 11 is 13.5. The summed E-state index contributed by atoms with van der Waals surface area (Å²) < 4.78 is 11.8. The Kier molecular flexibility index (Phi) is 5.77. The third kappa shape index (κ3) is 3.64. The molecule has 0 bridgehead atoms. The molecule has 1 heterocycles. The number of allylic oxidation sites excluding steroid dienone is 2. The van der Waals surface area contributed by atoms with Crippen molar-refractivity contribution >= 4 is 40.5 Å². The third-order valence-corrected chi connectivity index (χ3v) is 7.57. The number of hydrogen-bond acceptors (Lipinski definition) is 4. The van der Waals surface area contributed by atoms with Gasteiger partial charge in [0.2, 0.25) is 5.90 Å². The lowest BCUT2D eigenvalue weighted by molar-refractivity contribution is -0.115. The van der Waals surface area contributed by atoms with E-state index in [2.05, 4.69) is 11.9 Å². The van der Waals surface area contributed by atoms with Gasteiger partial charge in [-0.25, -0.2) is 4.99 Å². The highest BCUT2D eigenvalue weighted by molar-refractivity contribution is 6.44. The highest BCUT2D eigenvalue weighted by atomic mass is 35.5. The van der Waals surface area contributed by atoms with Crippen molar-refractivity contribution in [1.29, 1.82) is 0 Å². The van der Waals surface area contributed by atoms with Crippen LogP contribution in [-0.2, 0) is 22.6 Å². The van der Waals surface area contributed by atoms with Gasteiger partial charge in [-0.1, -0.05) is 54.7 Å². The molecule has 1 aliphatic heterocycles. The van der Waals surface area contributed by atoms with Crippen LogP contribution in [0.2, 0.25) is 10.0 Å². The number of halogens is 2. The van der Waals surface area contributed by atoms with E-state index < -0.39 is 0 Å². The lowest BCUT2D eigenvalue weighted by atomic mass is 9.70. The minimum absolute atomic E-state index is 0.0266. The fraction of sp³-hybridized carbons (Fsp3) is 0.385. The zero-order valence-corrected chi connectivity index (χ0v) is 19.6. The quantitative estimate of drug-likeness (QED) is 0.488. The molecule has 2 aromatic carbocycles. The third-order valence-electron chi connectivity index (χ3n) is 6.72. The molecule has 0 spiro atoms. The second-order valence-electron chi connectivity index (χ2n) is 8.75. The number of fused-ring (bicyclic) bond motifs is 3. The molecule has 32 heavy (non-hydrogen) atoms. The molecular formula is C26H25Cl2NO3. The summed E-state index contributed by atoms with van der Waals surface area (Å²) in [6, 6.07) is 9.94. The van der Waals surface area contributed by atoms with Crippen molar-refractivity contribution in [2.24, 2.45) is 10.4 Å². The van der Waals surface area contributed by atoms with Crippen LogP contribution in [0.25, 0.3) is 5.57 Å². The normalized spacial score (nSPS) is 21.5. The predicted molar refractivity (Wildman–Crippen MR) is 128 cm³/mol. The number of benzene rings is 2. The molecular weight excluding hydrogens is 445 g/mol. The lowest BCUT2D eigenvalue weighted by Gasteiger charge is -2.33. The minimum Gasteiger partial charge on any atom is -0.487 e. The Morgan fingerprint density at radius 2 is 2.06 bits per heavy atom. The van der Waals surface area contributed by atoms with Gasteiger partial charge in [-0.15, -0.1) is 0 Å². The molecule has 0 unspecified atom stereocenters. The molecule has 2 aliphatic carbocycles. The standard InChI is InChI=1S/C26H25Cl2NO3/c1-2-8-26-9-7-18(30)13-20(26)22-17(14-26)12-21(23(27)24(22)28)32-15-16-5-3-4-6-19(16)25-29-10-11-31-25/h3-6,12-13H,2,7-11,14-15H2,1H3/t26-/m1/s1. The molecule has 5 rings (SSSR count). The van der Waals surface area contributed by atoms with E-state index >= 15 is 0 Å². The Balaban J connectivity index is 1.47. The van der Waals surface area contributed by atoms with Crippen LogP contribution in [-0.4, -0.2) is 24.8 Å². The molecule has 4 nitrogen and oxygen atoms in total. The number of hydrogen-bond donors (Lipinski definition) is 0. The highest BCUT2D eigenvalue weighted by Crippen LogP contribution is 2.58. The van der Waals surface area contributed by atoms with Crippen LogP contribution in [0.3, 0.4) is 0 Å². The number of rotatable bonds is 6. The topological polar surface area (TPSA) is 47.9 Å². The van der Waals surface area contributed by atoms with Crippen LogP contribution >= 0.6 is 23.2 Å². The molecule has 0 N–H and O–H groups in total. The fourth-order valence-electron chi connectivity index (χ4n) is 5.29. The number of ether oxygens (including phenoxy) is 2. The molecule has 0 radical (unpaired) electrons. The van der Waals surface area contributed by atoms with E-state index in [9.17, 15) is 4.79 Å². The van der Waals surface area contributed by atoms with Crippen molar-refractivity contribution in [2.75, 3.05) is 13.2 Å². The van der Waals surface area contributed by atoms with Crippen LogP contribution in [0, 0.1) is 5.41 Å². The number of nitrogens with zero attached hydrogens (tertiary/aromatic N) is 1. The van der Waals surface area contributed by atoms with Gasteiger partial charge in [-0.2, -0.15) is 0 Å². The maximum Gasteiger partial charge on any atom is 0.216 e. The molecule has 0 saturated heterocycles. The Hall–Kier alpha value is -2.30. The molecule has 6 heteroatoms. The number of carbonyl (C=O) groups excluding carboxylic acids is 1. The number of carbonyl (C=O) groups is 1. The highest BCUT2D eigenvalue weighted by Gasteiger charge is 2.45. The molecule has 0 amide bonds. The van der Waals surface area contributed by atoms with Gasteiger partial charge in [0.25, 0.3) is 0 Å². The van der Waals surface area contributed by atoms with Crippen molar-refractivity contribution in [3.63, 3.8) is 0 Å². The summed E-state index contributed by atoms with van der Waals surface area (Å²) in [4.78, 5) is 16.7. The van der Waals surface area contributed by atoms with E-state index in [4.69, 9.17) is 32.7 Å². The summed E-state index contributed by atoms with van der Waals surface area (Å²) in [5.74, 6) is 1.39. The zero-order valence-electron chi connectivity index (χ0n) is 18.0. The van der Waals surface area contributed by atoms with Gasteiger partial charge < -0.3 is 9.47 Å². The second-order valence-corrected chi connectivity index (χ2v) is 9.51. The van der Waals surface area contributed by atoms with Crippen molar-refractivity contribution < 1.29 is 14.3 Å². The summed E-state index contributed by atoms with van der Waals surface area (Å²) in [6.45, 7) is 3.79. The van der Waals surface area contributed by atoms with Gasteiger partial charge in [-0.3, -0.25) is 4.79 Å². The largest absolute Gasteiger partial charge is 0.487 e. The van der Waals surface area contributed by atoms with Crippen LogP contribution in [0.1, 0.15) is 54.9 Å². The minimum atomic E-state index is -0.0266. The summed E-state index contributed by atoms with van der Waals surface area (Å²) in [7, 11) is 0. The Labute approximate surface area is 198 Å². The van der Waals surface area contributed by atoms with E-state index in [1.54, 1.807) is 6.08 Å². The van der Waals surface area contributed by atoms with Gasteiger partial charge in [0.1, 0.15) is 24.0 Å². The van der Waals surface area contributed by atoms with E-state index in [-0.39, 0.29) is 11.2 Å². The van der Waals surface area contributed by atoms with Gasteiger partial charge >= 0.3 is 0 Å². The fourth-order valence-corrected chi connectivity index (χ4v) is 5.81. The average molecular weight is 470 g/mol. The molecule has 0 fully saturated rings. The molecule has 166 valence electrons. The van der Waals surface area contributed by atoms with Crippen LogP contribution < -0.4 is 4.74 Å². The predicted octanol–water partition coefficient (Wildman–Crippen LogP) is 6.44. The van der Waals surface area contributed by atoms with Gasteiger partial charge in [0.05, 0.1) is 11.6 Å². The molecule has 2 aromatic rings. The maximum absolute atomic E-state index is 12.2. The summed E-state index contributed by atoms with van der Waals surface area (Å²) in [5, 5.41) is 0.874. The molecule has 0 saturated carbocycles. The monoisotopic (exact) mass is 469 g/mol. The summed E-state index contributed by atoms with van der Waals surface area (Å²) in [5.41, 5.74) is 4.99.